The molecule has 1 heterocycles. The molecule has 1 aliphatic rings. The summed E-state index contributed by atoms with van der Waals surface area (Å²) in [6.45, 7) is 3.79. The number of amides is 2. The molecule has 0 saturated heterocycles. The Morgan fingerprint density at radius 1 is 0.818 bits per heavy atom. The van der Waals surface area contributed by atoms with E-state index in [4.69, 9.17) is 9.47 Å². The quantitative estimate of drug-likeness (QED) is 0.548. The van der Waals surface area contributed by atoms with Crippen molar-refractivity contribution in [2.45, 2.75) is 13.8 Å². The van der Waals surface area contributed by atoms with Crippen LogP contribution >= 0.6 is 0 Å². The molecule has 7 heteroatoms. The lowest BCUT2D eigenvalue weighted by molar-refractivity contribution is -0.120. The predicted octanol–water partition coefficient (Wildman–Crippen LogP) is 4.86. The van der Waals surface area contributed by atoms with Crippen LogP contribution in [0, 0.1) is 19.7 Å². The Labute approximate surface area is 191 Å². The molecule has 3 aromatic carbocycles. The Balaban J connectivity index is 1.83. The predicted molar refractivity (Wildman–Crippen MR) is 125 cm³/mol. The summed E-state index contributed by atoms with van der Waals surface area (Å²) in [6.07, 6.45) is 0. The van der Waals surface area contributed by atoms with Crippen molar-refractivity contribution in [1.29, 1.82) is 0 Å². The minimum Gasteiger partial charge on any atom is -0.493 e. The second kappa shape index (κ2) is 8.78. The van der Waals surface area contributed by atoms with Gasteiger partial charge in [0.05, 0.1) is 25.5 Å². The summed E-state index contributed by atoms with van der Waals surface area (Å²) in [5, 5.41) is 3.08. The van der Waals surface area contributed by atoms with Crippen molar-refractivity contribution in [3.8, 4) is 11.5 Å². The summed E-state index contributed by atoms with van der Waals surface area (Å²) in [4.78, 5) is 28.2. The third kappa shape index (κ3) is 4.05. The standard InChI is InChI=1S/C26H23FN2O4/c1-15-5-11-20(16(2)13-15)29-25(30)23(17-6-8-18(27)9-7-17)24(26(29)31)28-19-10-12-21(32-3)22(14-19)33-4/h5-14,28H,1-4H3. The van der Waals surface area contributed by atoms with Crippen LogP contribution in [-0.4, -0.2) is 26.0 Å². The molecular formula is C26H23FN2O4. The van der Waals surface area contributed by atoms with Gasteiger partial charge in [0.25, 0.3) is 11.8 Å². The van der Waals surface area contributed by atoms with E-state index in [1.807, 2.05) is 26.0 Å². The van der Waals surface area contributed by atoms with Gasteiger partial charge in [-0.2, -0.15) is 0 Å². The van der Waals surface area contributed by atoms with E-state index in [9.17, 15) is 14.0 Å². The van der Waals surface area contributed by atoms with E-state index in [1.54, 1.807) is 24.3 Å². The SMILES string of the molecule is COc1ccc(NC2=C(c3ccc(F)cc3)C(=O)N(c3ccc(C)cc3C)C2=O)cc1OC. The van der Waals surface area contributed by atoms with Crippen LogP contribution in [0.4, 0.5) is 15.8 Å². The molecule has 168 valence electrons. The third-order valence-electron chi connectivity index (χ3n) is 5.46. The topological polar surface area (TPSA) is 67.9 Å². The molecule has 0 bridgehead atoms. The van der Waals surface area contributed by atoms with Gasteiger partial charge in [-0.25, -0.2) is 9.29 Å². The first-order valence-electron chi connectivity index (χ1n) is 10.3. The van der Waals surface area contributed by atoms with E-state index in [0.717, 1.165) is 16.0 Å². The lowest BCUT2D eigenvalue weighted by Crippen LogP contribution is -2.33. The molecule has 0 aliphatic carbocycles. The van der Waals surface area contributed by atoms with Gasteiger partial charge in [-0.3, -0.25) is 9.59 Å². The Hall–Kier alpha value is -4.13. The summed E-state index contributed by atoms with van der Waals surface area (Å²) in [6, 6.07) is 16.1. The molecule has 0 saturated carbocycles. The fraction of sp³-hybridized carbons (Fsp3) is 0.154. The summed E-state index contributed by atoms with van der Waals surface area (Å²) in [7, 11) is 3.04. The van der Waals surface area contributed by atoms with Crippen LogP contribution in [0.15, 0.2) is 66.4 Å². The second-order valence-corrected chi connectivity index (χ2v) is 7.69. The number of hydrogen-bond acceptors (Lipinski definition) is 5. The fourth-order valence-corrected chi connectivity index (χ4v) is 3.86. The molecule has 33 heavy (non-hydrogen) atoms. The van der Waals surface area contributed by atoms with Crippen LogP contribution in [0.2, 0.25) is 0 Å². The number of nitrogens with zero attached hydrogens (tertiary/aromatic N) is 1. The minimum atomic E-state index is -0.499. The van der Waals surface area contributed by atoms with Crippen LogP contribution < -0.4 is 19.7 Å². The summed E-state index contributed by atoms with van der Waals surface area (Å²) in [5.41, 5.74) is 3.54. The summed E-state index contributed by atoms with van der Waals surface area (Å²) < 4.78 is 24.2. The number of benzene rings is 3. The Kier molecular flexibility index (Phi) is 5.87. The summed E-state index contributed by atoms with van der Waals surface area (Å²) in [5.74, 6) is -0.421. The molecular weight excluding hydrogens is 423 g/mol. The highest BCUT2D eigenvalue weighted by Crippen LogP contribution is 2.37. The molecule has 0 aromatic heterocycles. The van der Waals surface area contributed by atoms with Crippen molar-refractivity contribution in [2.75, 3.05) is 24.4 Å². The number of methoxy groups -OCH3 is 2. The maximum absolute atomic E-state index is 13.6. The molecule has 0 fully saturated rings. The molecule has 3 aromatic rings. The van der Waals surface area contributed by atoms with E-state index in [2.05, 4.69) is 5.32 Å². The number of rotatable bonds is 6. The molecule has 6 nitrogen and oxygen atoms in total. The van der Waals surface area contributed by atoms with Crippen molar-refractivity contribution in [1.82, 2.24) is 0 Å². The number of hydrogen-bond donors (Lipinski definition) is 1. The van der Waals surface area contributed by atoms with Gasteiger partial charge in [-0.1, -0.05) is 29.8 Å². The Bertz CT molecular complexity index is 1280. The number of carbonyl (C=O) groups is 2. The van der Waals surface area contributed by atoms with E-state index in [1.165, 1.54) is 38.5 Å². The Morgan fingerprint density at radius 2 is 1.52 bits per heavy atom. The first kappa shape index (κ1) is 22.1. The average molecular weight is 446 g/mol. The highest BCUT2D eigenvalue weighted by Gasteiger charge is 2.40. The first-order valence-corrected chi connectivity index (χ1v) is 10.3. The van der Waals surface area contributed by atoms with E-state index in [0.29, 0.717) is 28.4 Å². The maximum Gasteiger partial charge on any atom is 0.282 e. The van der Waals surface area contributed by atoms with Gasteiger partial charge in [-0.05, 0) is 55.3 Å². The van der Waals surface area contributed by atoms with E-state index < -0.39 is 17.6 Å². The van der Waals surface area contributed by atoms with Crippen molar-refractivity contribution < 1.29 is 23.5 Å². The maximum atomic E-state index is 13.6. The van der Waals surface area contributed by atoms with Gasteiger partial charge in [0.2, 0.25) is 0 Å². The van der Waals surface area contributed by atoms with Crippen molar-refractivity contribution >= 4 is 28.8 Å². The van der Waals surface area contributed by atoms with Gasteiger partial charge in [0.15, 0.2) is 11.5 Å². The van der Waals surface area contributed by atoms with Crippen molar-refractivity contribution in [3.05, 3.63) is 88.9 Å². The first-order chi connectivity index (χ1) is 15.8. The normalized spacial score (nSPS) is 13.5. The zero-order valence-electron chi connectivity index (χ0n) is 18.7. The number of nitrogens with one attached hydrogen (secondary N) is 1. The van der Waals surface area contributed by atoms with Gasteiger partial charge in [0, 0.05) is 11.8 Å². The van der Waals surface area contributed by atoms with Crippen molar-refractivity contribution in [2.24, 2.45) is 0 Å². The zero-order valence-corrected chi connectivity index (χ0v) is 18.7. The zero-order chi connectivity index (χ0) is 23.7. The number of ether oxygens (including phenoxy) is 2. The number of anilines is 2. The van der Waals surface area contributed by atoms with Crippen molar-refractivity contribution in [3.63, 3.8) is 0 Å². The number of halogens is 1. The molecule has 0 radical (unpaired) electrons. The Morgan fingerprint density at radius 3 is 2.15 bits per heavy atom. The number of carbonyl (C=O) groups excluding carboxylic acids is 2. The van der Waals surface area contributed by atoms with Gasteiger partial charge < -0.3 is 14.8 Å². The summed E-state index contributed by atoms with van der Waals surface area (Å²) >= 11 is 0. The molecule has 2 amide bonds. The van der Waals surface area contributed by atoms with Gasteiger partial charge in [-0.15, -0.1) is 0 Å². The molecule has 1 N–H and O–H groups in total. The van der Waals surface area contributed by atoms with Crippen LogP contribution in [-0.2, 0) is 9.59 Å². The van der Waals surface area contributed by atoms with Crippen LogP contribution in [0.1, 0.15) is 16.7 Å². The van der Waals surface area contributed by atoms with Gasteiger partial charge in [0.1, 0.15) is 11.5 Å². The van der Waals surface area contributed by atoms with Gasteiger partial charge >= 0.3 is 0 Å². The van der Waals surface area contributed by atoms with E-state index >= 15 is 0 Å². The highest BCUT2D eigenvalue weighted by molar-refractivity contribution is 6.46. The second-order valence-electron chi connectivity index (χ2n) is 7.69. The smallest absolute Gasteiger partial charge is 0.282 e. The molecule has 0 spiro atoms. The average Bonchev–Trinajstić information content (AvgIpc) is 3.04. The van der Waals surface area contributed by atoms with Crippen LogP contribution in [0.3, 0.4) is 0 Å². The highest BCUT2D eigenvalue weighted by atomic mass is 19.1. The molecule has 0 atom stereocenters. The molecule has 0 unspecified atom stereocenters. The lowest BCUT2D eigenvalue weighted by Gasteiger charge is -2.18. The number of aryl methyl sites for hydroxylation is 2. The monoisotopic (exact) mass is 446 g/mol. The molecule has 4 rings (SSSR count). The van der Waals surface area contributed by atoms with Crippen LogP contribution in [0.25, 0.3) is 5.57 Å². The minimum absolute atomic E-state index is 0.0961. The lowest BCUT2D eigenvalue weighted by atomic mass is 10.0. The fourth-order valence-electron chi connectivity index (χ4n) is 3.86. The largest absolute Gasteiger partial charge is 0.493 e. The number of imide groups is 1. The van der Waals surface area contributed by atoms with Crippen LogP contribution in [0.5, 0.6) is 11.5 Å². The third-order valence-corrected chi connectivity index (χ3v) is 5.46. The van der Waals surface area contributed by atoms with E-state index in [-0.39, 0.29) is 11.3 Å². The molecule has 1 aliphatic heterocycles.